The highest BCUT2D eigenvalue weighted by atomic mass is 16.5. The number of nitrogens with one attached hydrogen (secondary N) is 4. The number of methoxy groups -OCH3 is 2. The van der Waals surface area contributed by atoms with Gasteiger partial charge in [-0.3, -0.25) is 9.59 Å². The second-order valence-electron chi connectivity index (χ2n) is 14.8. The first kappa shape index (κ1) is 40.0. The van der Waals surface area contributed by atoms with Crippen LogP contribution in [0.3, 0.4) is 0 Å². The van der Waals surface area contributed by atoms with Crippen LogP contribution < -0.4 is 10.6 Å². The van der Waals surface area contributed by atoms with E-state index in [1.54, 1.807) is 22.2 Å². The molecule has 4 amide bonds. The van der Waals surface area contributed by atoms with Crippen LogP contribution in [0.2, 0.25) is 0 Å². The fourth-order valence-corrected chi connectivity index (χ4v) is 7.88. The van der Waals surface area contributed by atoms with Crippen LogP contribution in [-0.4, -0.2) is 116 Å². The number of H-pyrrole nitrogens is 2. The van der Waals surface area contributed by atoms with Crippen molar-refractivity contribution in [1.82, 2.24) is 40.4 Å². The van der Waals surface area contributed by atoms with E-state index >= 15 is 0 Å². The Morgan fingerprint density at radius 3 is 1.53 bits per heavy atom. The van der Waals surface area contributed by atoms with Crippen molar-refractivity contribution in [1.29, 1.82) is 0 Å². The Kier molecular flexibility index (Phi) is 11.8. The molecule has 0 radical (unpaired) electrons. The van der Waals surface area contributed by atoms with Crippen molar-refractivity contribution in [3.63, 3.8) is 0 Å². The lowest BCUT2D eigenvalue weighted by molar-refractivity contribution is -0.137. The molecule has 6 atom stereocenters. The summed E-state index contributed by atoms with van der Waals surface area (Å²) < 4.78 is 9.30. The molecular formula is C42H48N8O8. The first-order valence-corrected chi connectivity index (χ1v) is 19.4. The molecule has 2 saturated heterocycles. The summed E-state index contributed by atoms with van der Waals surface area (Å²) >= 11 is 0. The normalized spacial score (nSPS) is 18.7. The molecular weight excluding hydrogens is 745 g/mol. The van der Waals surface area contributed by atoms with Gasteiger partial charge in [0.2, 0.25) is 11.8 Å². The minimum Gasteiger partial charge on any atom is -0.453 e. The van der Waals surface area contributed by atoms with Crippen LogP contribution in [0.1, 0.15) is 63.3 Å². The summed E-state index contributed by atoms with van der Waals surface area (Å²) in [6, 6.07) is 17.7. The standard InChI is InChI=1S/C42H48N8O8/c1-23(51)35(47-41(55)57-3)39(53)49-17-5-7-33(49)37-43-21-31(45-37)26-11-9-25(10-12-26)27-13-14-29-20-30(16-15-28(29)19-27)32-22-44-38(46-32)34-8-6-18-50(34)40(54)36(24(2)52)48-42(56)58-4/h9-16,19-24,33-36,51-52H,5-8,17-18H2,1-4H3,(H,43,45)(H,44,46)(H,47,55)(H,48,56)/t23?,24-,33+,34+,35+,36+/m1/s1. The monoisotopic (exact) mass is 792 g/mol. The highest BCUT2D eigenvalue weighted by molar-refractivity contribution is 5.91. The van der Waals surface area contributed by atoms with Crippen LogP contribution in [0.5, 0.6) is 0 Å². The Balaban J connectivity index is 1.02. The second-order valence-corrected chi connectivity index (χ2v) is 14.8. The minimum atomic E-state index is -1.14. The van der Waals surface area contributed by atoms with Gasteiger partial charge in [-0.05, 0) is 79.1 Å². The summed E-state index contributed by atoms with van der Waals surface area (Å²) in [4.78, 5) is 69.8. The lowest BCUT2D eigenvalue weighted by Gasteiger charge is -2.29. The van der Waals surface area contributed by atoms with Crippen LogP contribution in [0, 0.1) is 0 Å². The topological polar surface area (TPSA) is 215 Å². The van der Waals surface area contributed by atoms with Crippen molar-refractivity contribution in [2.45, 2.75) is 75.9 Å². The molecule has 4 heterocycles. The van der Waals surface area contributed by atoms with Gasteiger partial charge in [-0.15, -0.1) is 0 Å². The van der Waals surface area contributed by atoms with Gasteiger partial charge in [0.1, 0.15) is 23.7 Å². The number of amides is 4. The molecule has 0 saturated carbocycles. The number of aromatic nitrogens is 4. The molecule has 1 unspecified atom stereocenters. The number of alkyl carbamates (subject to hydrolysis) is 2. The van der Waals surface area contributed by atoms with Crippen molar-refractivity contribution < 1.29 is 38.9 Å². The molecule has 16 heteroatoms. The van der Waals surface area contributed by atoms with Gasteiger partial charge in [-0.25, -0.2) is 19.6 Å². The number of imidazole rings is 2. The average molecular weight is 793 g/mol. The molecule has 2 fully saturated rings. The van der Waals surface area contributed by atoms with Crippen LogP contribution in [0.25, 0.3) is 44.4 Å². The Morgan fingerprint density at radius 2 is 1.07 bits per heavy atom. The summed E-state index contributed by atoms with van der Waals surface area (Å²) in [6.45, 7) is 3.86. The molecule has 2 aliphatic heterocycles. The van der Waals surface area contributed by atoms with E-state index in [2.05, 4.69) is 82.5 Å². The van der Waals surface area contributed by atoms with Gasteiger partial charge in [0.15, 0.2) is 0 Å². The molecule has 304 valence electrons. The summed E-state index contributed by atoms with van der Waals surface area (Å²) in [5, 5.41) is 27.5. The van der Waals surface area contributed by atoms with Gasteiger partial charge >= 0.3 is 12.2 Å². The van der Waals surface area contributed by atoms with Gasteiger partial charge in [-0.2, -0.15) is 0 Å². The number of likely N-dealkylation sites (tertiary alicyclic amines) is 2. The Labute approximate surface area is 335 Å². The SMILES string of the molecule is COC(=O)N[C@H](C(=O)N1CCC[C@H]1c1ncc(-c2ccc(-c3ccc4cc(-c5cnc([C@@H]6CCCN6C(=O)[C@@H](NC(=O)OC)[C@@H](C)O)[nH]5)ccc4c3)cc2)[nH]1)C(C)O. The van der Waals surface area contributed by atoms with E-state index in [0.717, 1.165) is 57.3 Å². The summed E-state index contributed by atoms with van der Waals surface area (Å²) in [7, 11) is 2.41. The number of ether oxygens (including phenoxy) is 2. The van der Waals surface area contributed by atoms with E-state index in [-0.39, 0.29) is 12.1 Å². The summed E-state index contributed by atoms with van der Waals surface area (Å²) in [5.41, 5.74) is 5.58. The predicted molar refractivity (Wildman–Crippen MR) is 214 cm³/mol. The molecule has 58 heavy (non-hydrogen) atoms. The maximum Gasteiger partial charge on any atom is 0.407 e. The lowest BCUT2D eigenvalue weighted by atomic mass is 9.98. The molecule has 2 aliphatic rings. The molecule has 0 bridgehead atoms. The van der Waals surface area contributed by atoms with Crippen LogP contribution in [0.4, 0.5) is 9.59 Å². The molecule has 6 N–H and O–H groups in total. The Morgan fingerprint density at radius 1 is 0.655 bits per heavy atom. The smallest absolute Gasteiger partial charge is 0.407 e. The van der Waals surface area contributed by atoms with Crippen molar-refractivity contribution in [2.24, 2.45) is 0 Å². The fourth-order valence-electron chi connectivity index (χ4n) is 7.88. The zero-order valence-electron chi connectivity index (χ0n) is 32.8. The highest BCUT2D eigenvalue weighted by Crippen LogP contribution is 2.35. The van der Waals surface area contributed by atoms with Gasteiger partial charge in [0.25, 0.3) is 0 Å². The highest BCUT2D eigenvalue weighted by Gasteiger charge is 2.39. The van der Waals surface area contributed by atoms with E-state index in [1.807, 2.05) is 18.2 Å². The quantitative estimate of drug-likeness (QED) is 0.107. The van der Waals surface area contributed by atoms with Crippen molar-refractivity contribution in [3.05, 3.63) is 84.7 Å². The first-order chi connectivity index (χ1) is 27.9. The van der Waals surface area contributed by atoms with Crippen LogP contribution in [0.15, 0.2) is 73.1 Å². The fraction of sp³-hybridized carbons (Fsp3) is 0.381. The van der Waals surface area contributed by atoms with Crippen LogP contribution >= 0.6 is 0 Å². The molecule has 16 nitrogen and oxygen atoms in total. The van der Waals surface area contributed by atoms with E-state index in [4.69, 9.17) is 0 Å². The van der Waals surface area contributed by atoms with Gasteiger partial charge < -0.3 is 50.1 Å². The molecule has 0 aliphatic carbocycles. The zero-order chi connectivity index (χ0) is 41.1. The van der Waals surface area contributed by atoms with Gasteiger partial charge in [-0.1, -0.05) is 48.5 Å². The number of nitrogens with zero attached hydrogens (tertiary/aromatic N) is 4. The van der Waals surface area contributed by atoms with Crippen molar-refractivity contribution in [3.8, 4) is 33.6 Å². The second kappa shape index (κ2) is 17.1. The van der Waals surface area contributed by atoms with Gasteiger partial charge in [0.05, 0.1) is 62.3 Å². The zero-order valence-corrected chi connectivity index (χ0v) is 32.8. The minimum absolute atomic E-state index is 0.323. The third-order valence-electron chi connectivity index (χ3n) is 11.0. The van der Waals surface area contributed by atoms with Gasteiger partial charge in [0, 0.05) is 18.7 Å². The third-order valence-corrected chi connectivity index (χ3v) is 11.0. The molecule has 0 spiro atoms. The number of benzene rings is 3. The number of hydrogen-bond donors (Lipinski definition) is 6. The van der Waals surface area contributed by atoms with E-state index < -0.39 is 48.3 Å². The third kappa shape index (κ3) is 8.24. The first-order valence-electron chi connectivity index (χ1n) is 19.4. The number of rotatable bonds is 11. The number of aliphatic hydroxyl groups excluding tert-OH is 2. The molecule has 2 aromatic heterocycles. The van der Waals surface area contributed by atoms with E-state index in [9.17, 15) is 29.4 Å². The molecule has 3 aromatic carbocycles. The largest absolute Gasteiger partial charge is 0.453 e. The summed E-state index contributed by atoms with van der Waals surface area (Å²) in [5.74, 6) is 0.489. The average Bonchev–Trinajstić information content (AvgIpc) is 4.07. The molecule has 5 aromatic rings. The number of carbonyl (C=O) groups excluding carboxylic acids is 4. The number of aliphatic hydroxyl groups is 2. The maximum absolute atomic E-state index is 13.4. The number of fused-ring (bicyclic) bond motifs is 1. The Hall–Kier alpha value is -6.26. The van der Waals surface area contributed by atoms with Crippen molar-refractivity contribution in [2.75, 3.05) is 27.3 Å². The predicted octanol–water partition coefficient (Wildman–Crippen LogP) is 4.82. The maximum atomic E-state index is 13.4. The van der Waals surface area contributed by atoms with Crippen molar-refractivity contribution >= 4 is 34.8 Å². The Bertz CT molecular complexity index is 2290. The van der Waals surface area contributed by atoms with E-state index in [0.29, 0.717) is 37.6 Å². The van der Waals surface area contributed by atoms with Crippen LogP contribution in [-0.2, 0) is 19.1 Å². The number of carbonyl (C=O) groups is 4. The lowest BCUT2D eigenvalue weighted by Crippen LogP contribution is -2.53. The number of aromatic amines is 2. The van der Waals surface area contributed by atoms with E-state index in [1.165, 1.54) is 28.1 Å². The number of hydrogen-bond acceptors (Lipinski definition) is 10. The molecule has 7 rings (SSSR count). The summed E-state index contributed by atoms with van der Waals surface area (Å²) in [6.07, 6.45) is 2.63.